The molecule has 36 heavy (non-hydrogen) atoms. The predicted molar refractivity (Wildman–Crippen MR) is 150 cm³/mol. The van der Waals surface area contributed by atoms with Crippen molar-refractivity contribution in [3.05, 3.63) is 131 Å². The van der Waals surface area contributed by atoms with Crippen LogP contribution in [0.2, 0.25) is 5.02 Å². The van der Waals surface area contributed by atoms with Crippen molar-refractivity contribution in [2.45, 2.75) is 37.2 Å². The summed E-state index contributed by atoms with van der Waals surface area (Å²) in [4.78, 5) is 2.51. The molecule has 0 amide bonds. The normalized spacial score (nSPS) is 16.5. The van der Waals surface area contributed by atoms with E-state index in [9.17, 15) is 5.11 Å². The SMILES string of the molecule is OC1(c2ccc(Cl)cc2)CCN(CCCC(c2ccccc2)c2cccc(-c3ccccc3)c2)CC1. The molecular weight excluding hydrogens is 462 g/mol. The molecule has 0 radical (unpaired) electrons. The molecule has 1 aliphatic rings. The Kier molecular flexibility index (Phi) is 7.87. The van der Waals surface area contributed by atoms with Crippen LogP contribution in [-0.4, -0.2) is 29.6 Å². The Hall–Kier alpha value is -2.91. The first kappa shape index (κ1) is 24.8. The summed E-state index contributed by atoms with van der Waals surface area (Å²) in [6.45, 7) is 2.88. The molecule has 3 heteroatoms. The van der Waals surface area contributed by atoms with Crippen LogP contribution in [0, 0.1) is 0 Å². The highest BCUT2D eigenvalue weighted by Gasteiger charge is 2.33. The van der Waals surface area contributed by atoms with Crippen molar-refractivity contribution in [2.75, 3.05) is 19.6 Å². The fourth-order valence-electron chi connectivity index (χ4n) is 5.49. The molecule has 1 fully saturated rings. The molecule has 1 atom stereocenters. The summed E-state index contributed by atoms with van der Waals surface area (Å²) in [5, 5.41) is 11.9. The van der Waals surface area contributed by atoms with Crippen LogP contribution in [0.3, 0.4) is 0 Å². The number of hydrogen-bond acceptors (Lipinski definition) is 2. The minimum absolute atomic E-state index is 0.366. The summed E-state index contributed by atoms with van der Waals surface area (Å²) in [6, 6.07) is 38.2. The molecule has 2 nitrogen and oxygen atoms in total. The van der Waals surface area contributed by atoms with E-state index in [2.05, 4.69) is 89.8 Å². The minimum atomic E-state index is -0.745. The molecule has 1 aliphatic heterocycles. The molecular formula is C33H34ClNO. The van der Waals surface area contributed by atoms with Gasteiger partial charge in [0.2, 0.25) is 0 Å². The van der Waals surface area contributed by atoms with E-state index < -0.39 is 5.60 Å². The van der Waals surface area contributed by atoms with Crippen molar-refractivity contribution >= 4 is 11.6 Å². The van der Waals surface area contributed by atoms with Crippen LogP contribution in [0.25, 0.3) is 11.1 Å². The van der Waals surface area contributed by atoms with Crippen molar-refractivity contribution in [3.8, 4) is 11.1 Å². The van der Waals surface area contributed by atoms with E-state index in [0.29, 0.717) is 10.9 Å². The van der Waals surface area contributed by atoms with Crippen LogP contribution < -0.4 is 0 Å². The van der Waals surface area contributed by atoms with Gasteiger partial charge in [0.1, 0.15) is 0 Å². The quantitative estimate of drug-likeness (QED) is 0.268. The van der Waals surface area contributed by atoms with Crippen molar-refractivity contribution in [1.29, 1.82) is 0 Å². The molecule has 184 valence electrons. The molecule has 5 rings (SSSR count). The summed E-state index contributed by atoms with van der Waals surface area (Å²) in [7, 11) is 0. The Morgan fingerprint density at radius 1 is 0.722 bits per heavy atom. The summed E-state index contributed by atoms with van der Waals surface area (Å²) in [5.74, 6) is 0.366. The lowest BCUT2D eigenvalue weighted by Gasteiger charge is -2.38. The van der Waals surface area contributed by atoms with Gasteiger partial charge in [0, 0.05) is 24.0 Å². The summed E-state index contributed by atoms with van der Waals surface area (Å²) < 4.78 is 0. The minimum Gasteiger partial charge on any atom is -0.385 e. The first-order valence-electron chi connectivity index (χ1n) is 13.0. The first-order chi connectivity index (χ1) is 17.6. The Bertz CT molecular complexity index is 1230. The predicted octanol–water partition coefficient (Wildman–Crippen LogP) is 7.90. The van der Waals surface area contributed by atoms with E-state index in [4.69, 9.17) is 11.6 Å². The number of piperidine rings is 1. The van der Waals surface area contributed by atoms with Crippen LogP contribution in [0.4, 0.5) is 0 Å². The van der Waals surface area contributed by atoms with Crippen molar-refractivity contribution in [1.82, 2.24) is 4.90 Å². The number of halogens is 1. The molecule has 1 heterocycles. The molecule has 1 unspecified atom stereocenters. The summed E-state index contributed by atoms with van der Waals surface area (Å²) in [6.07, 6.45) is 3.74. The van der Waals surface area contributed by atoms with Crippen LogP contribution in [0.15, 0.2) is 109 Å². The van der Waals surface area contributed by atoms with Crippen molar-refractivity contribution in [2.24, 2.45) is 0 Å². The van der Waals surface area contributed by atoms with E-state index in [-0.39, 0.29) is 0 Å². The van der Waals surface area contributed by atoms with Crippen LogP contribution in [-0.2, 0) is 5.60 Å². The molecule has 1 saturated heterocycles. The molecule has 0 aliphatic carbocycles. The number of aliphatic hydroxyl groups is 1. The number of hydrogen-bond donors (Lipinski definition) is 1. The second-order valence-electron chi connectivity index (χ2n) is 9.98. The van der Waals surface area contributed by atoms with Crippen LogP contribution in [0.5, 0.6) is 0 Å². The van der Waals surface area contributed by atoms with E-state index in [1.807, 2.05) is 24.3 Å². The lowest BCUT2D eigenvalue weighted by Crippen LogP contribution is -2.42. The first-order valence-corrected chi connectivity index (χ1v) is 13.4. The Labute approximate surface area is 220 Å². The van der Waals surface area contributed by atoms with Gasteiger partial charge in [0.15, 0.2) is 0 Å². The lowest BCUT2D eigenvalue weighted by molar-refractivity contribution is -0.0261. The molecule has 4 aromatic rings. The van der Waals surface area contributed by atoms with E-state index in [0.717, 1.165) is 50.9 Å². The second-order valence-corrected chi connectivity index (χ2v) is 10.4. The summed E-state index contributed by atoms with van der Waals surface area (Å²) in [5.41, 5.74) is 5.51. The highest BCUT2D eigenvalue weighted by molar-refractivity contribution is 6.30. The maximum Gasteiger partial charge on any atom is 0.0920 e. The van der Waals surface area contributed by atoms with Gasteiger partial charge in [-0.15, -0.1) is 0 Å². The van der Waals surface area contributed by atoms with Crippen LogP contribution >= 0.6 is 11.6 Å². The summed E-state index contributed by atoms with van der Waals surface area (Å²) >= 11 is 6.04. The highest BCUT2D eigenvalue weighted by atomic mass is 35.5. The maximum absolute atomic E-state index is 11.2. The number of nitrogens with zero attached hydrogens (tertiary/aromatic N) is 1. The van der Waals surface area contributed by atoms with E-state index >= 15 is 0 Å². The number of likely N-dealkylation sites (tertiary alicyclic amines) is 1. The third-order valence-corrected chi connectivity index (χ3v) is 7.88. The smallest absolute Gasteiger partial charge is 0.0920 e. The molecule has 0 aromatic heterocycles. The average molecular weight is 496 g/mol. The molecule has 0 spiro atoms. The standard InChI is InChI=1S/C33H34ClNO/c34-31-18-16-30(17-19-31)33(36)20-23-35(24-21-33)22-8-15-32(27-11-5-2-6-12-27)29-14-7-13-28(25-29)26-9-3-1-4-10-26/h1-7,9-14,16-19,25,32,36H,8,15,20-24H2. The second kappa shape index (κ2) is 11.4. The molecule has 1 N–H and O–H groups in total. The van der Waals surface area contributed by atoms with Gasteiger partial charge in [-0.25, -0.2) is 0 Å². The molecule has 4 aromatic carbocycles. The molecule has 0 bridgehead atoms. The van der Waals surface area contributed by atoms with Crippen LogP contribution in [0.1, 0.15) is 48.3 Å². The lowest BCUT2D eigenvalue weighted by atomic mass is 9.84. The zero-order valence-corrected chi connectivity index (χ0v) is 21.4. The third kappa shape index (κ3) is 5.90. The van der Waals surface area contributed by atoms with Gasteiger partial charge in [-0.2, -0.15) is 0 Å². The number of rotatable bonds is 8. The largest absolute Gasteiger partial charge is 0.385 e. The third-order valence-electron chi connectivity index (χ3n) is 7.63. The fraction of sp³-hybridized carbons (Fsp3) is 0.273. The van der Waals surface area contributed by atoms with Gasteiger partial charge in [-0.3, -0.25) is 0 Å². The fourth-order valence-corrected chi connectivity index (χ4v) is 5.62. The van der Waals surface area contributed by atoms with Gasteiger partial charge in [-0.05, 0) is 72.2 Å². The molecule has 0 saturated carbocycles. The zero-order chi connectivity index (χ0) is 24.8. The number of benzene rings is 4. The van der Waals surface area contributed by atoms with Gasteiger partial charge in [0.25, 0.3) is 0 Å². The Morgan fingerprint density at radius 2 is 1.33 bits per heavy atom. The van der Waals surface area contributed by atoms with E-state index in [1.165, 1.54) is 22.3 Å². The monoisotopic (exact) mass is 495 g/mol. The Morgan fingerprint density at radius 3 is 2.03 bits per heavy atom. The topological polar surface area (TPSA) is 23.5 Å². The van der Waals surface area contributed by atoms with Gasteiger partial charge >= 0.3 is 0 Å². The zero-order valence-electron chi connectivity index (χ0n) is 20.7. The van der Waals surface area contributed by atoms with Crippen molar-refractivity contribution in [3.63, 3.8) is 0 Å². The van der Waals surface area contributed by atoms with Crippen molar-refractivity contribution < 1.29 is 5.11 Å². The van der Waals surface area contributed by atoms with Gasteiger partial charge in [0.05, 0.1) is 5.60 Å². The van der Waals surface area contributed by atoms with E-state index in [1.54, 1.807) is 0 Å². The highest BCUT2D eigenvalue weighted by Crippen LogP contribution is 2.35. The average Bonchev–Trinajstić information content (AvgIpc) is 2.93. The van der Waals surface area contributed by atoms with Gasteiger partial charge < -0.3 is 10.0 Å². The Balaban J connectivity index is 1.24. The van der Waals surface area contributed by atoms with Gasteiger partial charge in [-0.1, -0.05) is 109 Å². The maximum atomic E-state index is 11.2.